The number of hydrogen-bond acceptors (Lipinski definition) is 9. The molecule has 0 unspecified atom stereocenters. The van der Waals surface area contributed by atoms with Gasteiger partial charge in [0.1, 0.15) is 11.2 Å². The van der Waals surface area contributed by atoms with E-state index in [9.17, 15) is 4.79 Å². The van der Waals surface area contributed by atoms with Crippen LogP contribution < -0.4 is 21.1 Å². The molecule has 0 radical (unpaired) electrons. The normalized spacial score (nSPS) is 10.9. The third-order valence-corrected chi connectivity index (χ3v) is 5.33. The van der Waals surface area contributed by atoms with E-state index < -0.39 is 5.91 Å². The van der Waals surface area contributed by atoms with Crippen molar-refractivity contribution >= 4 is 46.8 Å². The molecule has 10 nitrogen and oxygen atoms in total. The number of rotatable bonds is 7. The molecule has 1 aromatic carbocycles. The smallest absolute Gasteiger partial charge is 0.271 e. The number of methoxy groups -OCH3 is 1. The molecule has 3 aromatic heterocycles. The number of imidazole rings is 1. The number of anilines is 3. The first kappa shape index (κ1) is 21.4. The molecule has 0 saturated carbocycles. The SMILES string of the molecule is CNc1ccc(Nc2nc(OC)c(-c3cncc4c3ncn4C)nc2C(N)=O)cc1CS. The summed E-state index contributed by atoms with van der Waals surface area (Å²) in [6.07, 6.45) is 4.98. The lowest BCUT2D eigenvalue weighted by Gasteiger charge is -2.15. The third-order valence-electron chi connectivity index (χ3n) is 4.99. The summed E-state index contributed by atoms with van der Waals surface area (Å²) in [5.41, 5.74) is 10.6. The number of fused-ring (bicyclic) bond motifs is 1. The quantitative estimate of drug-likeness (QED) is 0.316. The summed E-state index contributed by atoms with van der Waals surface area (Å²) in [6.45, 7) is 0. The second kappa shape index (κ2) is 8.71. The van der Waals surface area contributed by atoms with Gasteiger partial charge in [-0.3, -0.25) is 9.78 Å². The Labute approximate surface area is 189 Å². The molecule has 0 aliphatic heterocycles. The number of benzene rings is 1. The largest absolute Gasteiger partial charge is 0.479 e. The van der Waals surface area contributed by atoms with Gasteiger partial charge < -0.3 is 25.7 Å². The van der Waals surface area contributed by atoms with Crippen LogP contribution in [0.5, 0.6) is 5.88 Å². The molecule has 0 aliphatic rings. The minimum Gasteiger partial charge on any atom is -0.479 e. The predicted molar refractivity (Wildman–Crippen MR) is 127 cm³/mol. The van der Waals surface area contributed by atoms with E-state index in [4.69, 9.17) is 10.5 Å². The van der Waals surface area contributed by atoms with Crippen molar-refractivity contribution in [3.05, 3.63) is 48.2 Å². The van der Waals surface area contributed by atoms with Crippen molar-refractivity contribution in [3.63, 3.8) is 0 Å². The number of carbonyl (C=O) groups is 1. The zero-order valence-electron chi connectivity index (χ0n) is 17.7. The first-order valence-electron chi connectivity index (χ1n) is 9.66. The number of hydrogen-bond donors (Lipinski definition) is 4. The Morgan fingerprint density at radius 1 is 1.28 bits per heavy atom. The fourth-order valence-corrected chi connectivity index (χ4v) is 3.66. The van der Waals surface area contributed by atoms with E-state index in [-0.39, 0.29) is 17.4 Å². The summed E-state index contributed by atoms with van der Waals surface area (Å²) in [5, 5.41) is 6.24. The number of aryl methyl sites for hydroxylation is 1. The highest BCUT2D eigenvalue weighted by atomic mass is 32.1. The van der Waals surface area contributed by atoms with E-state index in [1.54, 1.807) is 18.7 Å². The number of pyridine rings is 1. The maximum absolute atomic E-state index is 12.3. The van der Waals surface area contributed by atoms with Gasteiger partial charge in [-0.2, -0.15) is 17.6 Å². The molecule has 3 heterocycles. The van der Waals surface area contributed by atoms with Gasteiger partial charge in [0.15, 0.2) is 11.5 Å². The minimum absolute atomic E-state index is 0.0288. The van der Waals surface area contributed by atoms with E-state index in [0.717, 1.165) is 16.8 Å². The Hall–Kier alpha value is -3.86. The van der Waals surface area contributed by atoms with Crippen LogP contribution in [0.25, 0.3) is 22.3 Å². The van der Waals surface area contributed by atoms with Gasteiger partial charge in [-0.15, -0.1) is 0 Å². The molecule has 4 rings (SSSR count). The van der Waals surface area contributed by atoms with E-state index in [1.165, 1.54) is 7.11 Å². The Kier molecular flexibility index (Phi) is 5.82. The highest BCUT2D eigenvalue weighted by molar-refractivity contribution is 7.79. The van der Waals surface area contributed by atoms with Crippen LogP contribution in [0.1, 0.15) is 16.1 Å². The number of nitrogens with zero attached hydrogens (tertiary/aromatic N) is 5. The van der Waals surface area contributed by atoms with E-state index in [0.29, 0.717) is 28.2 Å². The summed E-state index contributed by atoms with van der Waals surface area (Å²) >= 11 is 4.37. The van der Waals surface area contributed by atoms with Crippen molar-refractivity contribution < 1.29 is 9.53 Å². The fourth-order valence-electron chi connectivity index (χ4n) is 3.40. The molecule has 1 amide bonds. The van der Waals surface area contributed by atoms with Crippen LogP contribution >= 0.6 is 12.6 Å². The van der Waals surface area contributed by atoms with Crippen LogP contribution in [0.15, 0.2) is 36.9 Å². The summed E-state index contributed by atoms with van der Waals surface area (Å²) in [5.74, 6) is 0.190. The Balaban J connectivity index is 1.84. The van der Waals surface area contributed by atoms with Crippen LogP contribution in [-0.4, -0.2) is 44.6 Å². The number of nitrogens with one attached hydrogen (secondary N) is 2. The zero-order valence-corrected chi connectivity index (χ0v) is 18.6. The molecule has 0 saturated heterocycles. The van der Waals surface area contributed by atoms with Gasteiger partial charge in [0.05, 0.1) is 30.7 Å². The summed E-state index contributed by atoms with van der Waals surface area (Å²) < 4.78 is 7.34. The molecule has 4 aromatic rings. The second-order valence-electron chi connectivity index (χ2n) is 6.96. The van der Waals surface area contributed by atoms with Crippen molar-refractivity contribution in [2.24, 2.45) is 12.8 Å². The molecule has 0 aliphatic carbocycles. The van der Waals surface area contributed by atoms with E-state index >= 15 is 0 Å². The first-order chi connectivity index (χ1) is 15.5. The standard InChI is InChI=1S/C21H22N8O2S/c1-23-14-5-4-12(6-11(14)9-32)26-20-18(19(22)30)27-17(21(28-20)31-3)13-7-24-8-15-16(13)25-10-29(15)2/h4-8,10,23,32H,9H2,1-3H3,(H2,22,30)(H,26,28). The molecular formula is C21H22N8O2S. The number of primary amides is 1. The van der Waals surface area contributed by atoms with Crippen LogP contribution in [0.4, 0.5) is 17.2 Å². The maximum atomic E-state index is 12.3. The molecular weight excluding hydrogens is 428 g/mol. The van der Waals surface area contributed by atoms with Gasteiger partial charge in [-0.05, 0) is 23.8 Å². The third kappa shape index (κ3) is 3.78. The van der Waals surface area contributed by atoms with Crippen LogP contribution in [0.2, 0.25) is 0 Å². The molecule has 0 spiro atoms. The second-order valence-corrected chi connectivity index (χ2v) is 7.27. The van der Waals surface area contributed by atoms with Crippen LogP contribution in [-0.2, 0) is 12.8 Å². The first-order valence-corrected chi connectivity index (χ1v) is 10.3. The fraction of sp³-hybridized carbons (Fsp3) is 0.190. The zero-order chi connectivity index (χ0) is 22.8. The molecule has 32 heavy (non-hydrogen) atoms. The van der Waals surface area contributed by atoms with Crippen molar-refractivity contribution in [2.45, 2.75) is 5.75 Å². The molecule has 4 N–H and O–H groups in total. The Morgan fingerprint density at radius 3 is 2.78 bits per heavy atom. The number of amides is 1. The van der Waals surface area contributed by atoms with E-state index in [1.807, 2.05) is 36.9 Å². The number of nitrogens with two attached hydrogens (primary N) is 1. The average molecular weight is 451 g/mol. The summed E-state index contributed by atoms with van der Waals surface area (Å²) in [4.78, 5) is 30.0. The van der Waals surface area contributed by atoms with Crippen molar-refractivity contribution in [3.8, 4) is 17.1 Å². The number of carbonyl (C=O) groups excluding carboxylic acids is 1. The Bertz CT molecular complexity index is 1320. The molecule has 164 valence electrons. The van der Waals surface area contributed by atoms with Gasteiger partial charge in [-0.1, -0.05) is 0 Å². The monoisotopic (exact) mass is 450 g/mol. The molecule has 11 heteroatoms. The van der Waals surface area contributed by atoms with Crippen molar-refractivity contribution in [1.29, 1.82) is 0 Å². The Morgan fingerprint density at radius 2 is 2.09 bits per heavy atom. The molecule has 0 bridgehead atoms. The topological polar surface area (TPSA) is 133 Å². The number of aromatic nitrogens is 5. The van der Waals surface area contributed by atoms with Gasteiger partial charge in [0, 0.05) is 37.4 Å². The number of ether oxygens (including phenoxy) is 1. The lowest BCUT2D eigenvalue weighted by atomic mass is 10.1. The van der Waals surface area contributed by atoms with Crippen LogP contribution in [0.3, 0.4) is 0 Å². The average Bonchev–Trinajstić information content (AvgIpc) is 3.19. The minimum atomic E-state index is -0.730. The van der Waals surface area contributed by atoms with Gasteiger partial charge in [-0.25, -0.2) is 9.97 Å². The van der Waals surface area contributed by atoms with Crippen LogP contribution in [0, 0.1) is 0 Å². The highest BCUT2D eigenvalue weighted by Crippen LogP contribution is 2.34. The van der Waals surface area contributed by atoms with Crippen molar-refractivity contribution in [2.75, 3.05) is 24.8 Å². The molecule has 0 fully saturated rings. The highest BCUT2D eigenvalue weighted by Gasteiger charge is 2.22. The summed E-state index contributed by atoms with van der Waals surface area (Å²) in [7, 11) is 5.19. The van der Waals surface area contributed by atoms with Gasteiger partial charge >= 0.3 is 0 Å². The van der Waals surface area contributed by atoms with Crippen molar-refractivity contribution in [1.82, 2.24) is 24.5 Å². The summed E-state index contributed by atoms with van der Waals surface area (Å²) in [6, 6.07) is 5.67. The molecule has 0 atom stereocenters. The number of thiol groups is 1. The lowest BCUT2D eigenvalue weighted by Crippen LogP contribution is -2.18. The van der Waals surface area contributed by atoms with E-state index in [2.05, 4.69) is 43.2 Å². The van der Waals surface area contributed by atoms with Gasteiger partial charge in [0.2, 0.25) is 5.88 Å². The van der Waals surface area contributed by atoms with Gasteiger partial charge in [0.25, 0.3) is 5.91 Å². The maximum Gasteiger partial charge on any atom is 0.271 e. The predicted octanol–water partition coefficient (Wildman–Crippen LogP) is 2.75. The lowest BCUT2D eigenvalue weighted by molar-refractivity contribution is 0.0996.